The van der Waals surface area contributed by atoms with Crippen LogP contribution in [0, 0.1) is 0 Å². The van der Waals surface area contributed by atoms with E-state index in [1.807, 2.05) is 6.07 Å². The van der Waals surface area contributed by atoms with Gasteiger partial charge >= 0.3 is 5.97 Å². The molecule has 4 heteroatoms. The highest BCUT2D eigenvalue weighted by Gasteiger charge is 2.09. The average Bonchev–Trinajstić information content (AvgIpc) is 2.41. The van der Waals surface area contributed by atoms with Gasteiger partial charge in [-0.1, -0.05) is 23.4 Å². The van der Waals surface area contributed by atoms with Gasteiger partial charge in [0, 0.05) is 0 Å². The summed E-state index contributed by atoms with van der Waals surface area (Å²) in [5.74, 6) is -0.595. The lowest BCUT2D eigenvalue weighted by molar-refractivity contribution is -0.111. The number of hydrogen-bond donors (Lipinski definition) is 0. The van der Waals surface area contributed by atoms with Crippen LogP contribution in [0.4, 0.5) is 0 Å². The number of carbonyl (C=O) groups is 2. The van der Waals surface area contributed by atoms with Gasteiger partial charge in [-0.25, -0.2) is 4.79 Å². The van der Waals surface area contributed by atoms with Crippen LogP contribution in [0.1, 0.15) is 17.3 Å². The Morgan fingerprint density at radius 3 is 2.56 bits per heavy atom. The summed E-state index contributed by atoms with van der Waals surface area (Å²) in [5.41, 5.74) is 1.43. The van der Waals surface area contributed by atoms with Gasteiger partial charge in [0.15, 0.2) is 5.78 Å². The highest BCUT2D eigenvalue weighted by Crippen LogP contribution is 2.06. The molecule has 0 radical (unpaired) electrons. The molecule has 2 rings (SSSR count). The summed E-state index contributed by atoms with van der Waals surface area (Å²) in [6, 6.07) is 8.58. The van der Waals surface area contributed by atoms with Crippen LogP contribution in [0.5, 0.6) is 0 Å². The van der Waals surface area contributed by atoms with Crippen LogP contribution in [-0.2, 0) is 9.63 Å². The van der Waals surface area contributed by atoms with Gasteiger partial charge in [0.25, 0.3) is 0 Å². The minimum atomic E-state index is -0.528. The van der Waals surface area contributed by atoms with E-state index in [2.05, 4.69) is 5.16 Å². The fourth-order valence-electron chi connectivity index (χ4n) is 1.41. The first kappa shape index (κ1) is 12.0. The van der Waals surface area contributed by atoms with E-state index in [0.717, 1.165) is 0 Å². The first-order valence-electron chi connectivity index (χ1n) is 5.42. The SMILES string of the molecule is CC1=CC(=NOC(=O)c2ccccc2)C=CC1=O. The third kappa shape index (κ3) is 2.79. The average molecular weight is 241 g/mol. The van der Waals surface area contributed by atoms with Gasteiger partial charge in [-0.15, -0.1) is 0 Å². The molecular weight excluding hydrogens is 230 g/mol. The molecule has 0 heterocycles. The van der Waals surface area contributed by atoms with Crippen molar-refractivity contribution in [3.8, 4) is 0 Å². The highest BCUT2D eigenvalue weighted by atomic mass is 16.7. The Morgan fingerprint density at radius 2 is 1.89 bits per heavy atom. The molecule has 0 aliphatic heterocycles. The Balaban J connectivity index is 2.06. The van der Waals surface area contributed by atoms with Gasteiger partial charge in [-0.05, 0) is 42.9 Å². The molecule has 0 saturated carbocycles. The number of rotatable bonds is 2. The molecule has 1 aromatic carbocycles. The number of nitrogens with zero attached hydrogens (tertiary/aromatic N) is 1. The third-order valence-electron chi connectivity index (χ3n) is 2.40. The maximum Gasteiger partial charge on any atom is 0.365 e. The number of carbonyl (C=O) groups excluding carboxylic acids is 2. The van der Waals surface area contributed by atoms with Crippen LogP contribution >= 0.6 is 0 Å². The van der Waals surface area contributed by atoms with Gasteiger partial charge in [0.2, 0.25) is 0 Å². The first-order chi connectivity index (χ1) is 8.66. The predicted octanol–water partition coefficient (Wildman–Crippen LogP) is 2.28. The summed E-state index contributed by atoms with van der Waals surface area (Å²) in [5, 5.41) is 3.70. The second kappa shape index (κ2) is 5.23. The molecule has 1 aliphatic rings. The summed E-state index contributed by atoms with van der Waals surface area (Å²) in [6.07, 6.45) is 4.47. The van der Waals surface area contributed by atoms with E-state index in [9.17, 15) is 9.59 Å². The molecule has 4 nitrogen and oxygen atoms in total. The molecule has 90 valence electrons. The second-order valence-corrected chi connectivity index (χ2v) is 3.79. The van der Waals surface area contributed by atoms with Crippen molar-refractivity contribution in [2.75, 3.05) is 0 Å². The number of ketones is 1. The Hall–Kier alpha value is -2.49. The fraction of sp³-hybridized carbons (Fsp3) is 0.0714. The minimum absolute atomic E-state index is 0.0664. The van der Waals surface area contributed by atoms with E-state index in [0.29, 0.717) is 16.8 Å². The van der Waals surface area contributed by atoms with Crippen molar-refractivity contribution in [1.29, 1.82) is 0 Å². The lowest BCUT2D eigenvalue weighted by Gasteiger charge is -2.03. The summed E-state index contributed by atoms with van der Waals surface area (Å²) >= 11 is 0. The zero-order valence-corrected chi connectivity index (χ0v) is 9.79. The van der Waals surface area contributed by atoms with Crippen molar-refractivity contribution in [2.45, 2.75) is 6.92 Å². The normalized spacial score (nSPS) is 16.6. The van der Waals surface area contributed by atoms with Crippen LogP contribution in [0.3, 0.4) is 0 Å². The van der Waals surface area contributed by atoms with E-state index in [4.69, 9.17) is 4.84 Å². The lowest BCUT2D eigenvalue weighted by Crippen LogP contribution is -2.07. The predicted molar refractivity (Wildman–Crippen MR) is 67.2 cm³/mol. The van der Waals surface area contributed by atoms with Crippen LogP contribution in [0.15, 0.2) is 59.3 Å². The lowest BCUT2D eigenvalue weighted by atomic mass is 10.1. The molecule has 0 atom stereocenters. The van der Waals surface area contributed by atoms with Gasteiger partial charge in [-0.2, -0.15) is 0 Å². The third-order valence-corrected chi connectivity index (χ3v) is 2.40. The number of benzene rings is 1. The van der Waals surface area contributed by atoms with Crippen molar-refractivity contribution in [3.05, 3.63) is 59.7 Å². The first-order valence-corrected chi connectivity index (χ1v) is 5.42. The maximum atomic E-state index is 11.6. The van der Waals surface area contributed by atoms with Gasteiger partial charge in [0.1, 0.15) is 5.71 Å². The number of allylic oxidation sites excluding steroid dienone is 4. The molecule has 0 saturated heterocycles. The van der Waals surface area contributed by atoms with Crippen LogP contribution in [0.25, 0.3) is 0 Å². The highest BCUT2D eigenvalue weighted by molar-refractivity contribution is 6.18. The summed E-state index contributed by atoms with van der Waals surface area (Å²) in [6.45, 7) is 1.68. The van der Waals surface area contributed by atoms with Crippen molar-refractivity contribution in [2.24, 2.45) is 5.16 Å². The standard InChI is InChI=1S/C14H11NO3/c1-10-9-12(7-8-13(10)16)15-18-14(17)11-5-3-2-4-6-11/h2-9H,1H3. The van der Waals surface area contributed by atoms with Crippen molar-refractivity contribution >= 4 is 17.5 Å². The Bertz CT molecular complexity index is 568. The molecule has 0 bridgehead atoms. The largest absolute Gasteiger partial charge is 0.365 e. The molecule has 0 unspecified atom stereocenters. The van der Waals surface area contributed by atoms with E-state index in [1.165, 1.54) is 12.2 Å². The molecule has 0 N–H and O–H groups in total. The zero-order chi connectivity index (χ0) is 13.0. The monoisotopic (exact) mass is 241 g/mol. The molecule has 0 spiro atoms. The number of oxime groups is 1. The van der Waals surface area contributed by atoms with E-state index in [-0.39, 0.29) is 5.78 Å². The Labute approximate surface area is 104 Å². The van der Waals surface area contributed by atoms with Gasteiger partial charge in [-0.3, -0.25) is 4.79 Å². The maximum absolute atomic E-state index is 11.6. The quantitative estimate of drug-likeness (QED) is 0.453. The van der Waals surface area contributed by atoms with E-state index >= 15 is 0 Å². The van der Waals surface area contributed by atoms with Gasteiger partial charge < -0.3 is 4.84 Å². The molecule has 0 fully saturated rings. The summed E-state index contributed by atoms with van der Waals surface area (Å²) < 4.78 is 0. The number of hydrogen-bond acceptors (Lipinski definition) is 4. The van der Waals surface area contributed by atoms with Crippen molar-refractivity contribution in [3.63, 3.8) is 0 Å². The molecular formula is C14H11NO3. The molecule has 1 aliphatic carbocycles. The smallest absolute Gasteiger partial charge is 0.312 e. The van der Waals surface area contributed by atoms with Crippen molar-refractivity contribution in [1.82, 2.24) is 0 Å². The fourth-order valence-corrected chi connectivity index (χ4v) is 1.41. The second-order valence-electron chi connectivity index (χ2n) is 3.79. The summed E-state index contributed by atoms with van der Waals surface area (Å²) in [4.78, 5) is 27.6. The zero-order valence-electron chi connectivity index (χ0n) is 9.79. The van der Waals surface area contributed by atoms with E-state index < -0.39 is 5.97 Å². The van der Waals surface area contributed by atoms with Gasteiger partial charge in [0.05, 0.1) is 5.56 Å². The molecule has 0 amide bonds. The Morgan fingerprint density at radius 1 is 1.17 bits per heavy atom. The van der Waals surface area contributed by atoms with Crippen LogP contribution in [0.2, 0.25) is 0 Å². The molecule has 1 aromatic rings. The topological polar surface area (TPSA) is 55.7 Å². The van der Waals surface area contributed by atoms with Crippen molar-refractivity contribution < 1.29 is 14.4 Å². The molecule has 18 heavy (non-hydrogen) atoms. The van der Waals surface area contributed by atoms with Crippen LogP contribution in [-0.4, -0.2) is 17.5 Å². The molecule has 0 aromatic heterocycles. The summed E-state index contributed by atoms with van der Waals surface area (Å²) in [7, 11) is 0. The van der Waals surface area contributed by atoms with E-state index in [1.54, 1.807) is 37.3 Å². The minimum Gasteiger partial charge on any atom is -0.312 e. The Kier molecular flexibility index (Phi) is 3.48. The van der Waals surface area contributed by atoms with Crippen LogP contribution < -0.4 is 0 Å².